The number of carbonyl (C=O) groups is 2. The van der Waals surface area contributed by atoms with E-state index < -0.39 is 5.60 Å². The average Bonchev–Trinajstić information content (AvgIpc) is 2.62. The molecule has 1 aromatic rings. The van der Waals surface area contributed by atoms with Crippen LogP contribution in [0.3, 0.4) is 0 Å². The summed E-state index contributed by atoms with van der Waals surface area (Å²) >= 11 is 12.2. The Kier molecular flexibility index (Phi) is 8.61. The molecule has 1 fully saturated rings. The van der Waals surface area contributed by atoms with Crippen molar-refractivity contribution in [2.75, 3.05) is 38.5 Å². The lowest BCUT2D eigenvalue weighted by atomic mass is 9.97. The molecule has 0 bridgehead atoms. The molecule has 1 saturated heterocycles. The van der Waals surface area contributed by atoms with E-state index in [4.69, 9.17) is 27.9 Å². The molecule has 0 radical (unpaired) electrons. The number of anilines is 1. The van der Waals surface area contributed by atoms with E-state index in [1.165, 1.54) is 0 Å². The summed E-state index contributed by atoms with van der Waals surface area (Å²) in [5.74, 6) is 0.246. The highest BCUT2D eigenvalue weighted by atomic mass is 35.5. The van der Waals surface area contributed by atoms with Crippen molar-refractivity contribution >= 4 is 40.9 Å². The number of piperidine rings is 1. The first kappa shape index (κ1) is 23.8. The third-order valence-corrected chi connectivity index (χ3v) is 5.35. The number of nitrogens with one attached hydrogen (secondary N) is 1. The van der Waals surface area contributed by atoms with Crippen LogP contribution in [0.15, 0.2) is 18.2 Å². The fourth-order valence-corrected chi connectivity index (χ4v) is 3.88. The second-order valence-electron chi connectivity index (χ2n) is 8.56. The highest BCUT2D eigenvalue weighted by Gasteiger charge is 2.25. The van der Waals surface area contributed by atoms with E-state index in [9.17, 15) is 9.59 Å². The van der Waals surface area contributed by atoms with Crippen LogP contribution in [0.5, 0.6) is 0 Å². The molecule has 8 heteroatoms. The Morgan fingerprint density at radius 1 is 1.28 bits per heavy atom. The molecule has 1 atom stereocenters. The van der Waals surface area contributed by atoms with Crippen LogP contribution in [0.4, 0.5) is 10.5 Å². The van der Waals surface area contributed by atoms with E-state index in [0.29, 0.717) is 41.2 Å². The molecule has 29 heavy (non-hydrogen) atoms. The number of amides is 2. The van der Waals surface area contributed by atoms with Gasteiger partial charge in [-0.25, -0.2) is 4.79 Å². The minimum Gasteiger partial charge on any atom is -0.444 e. The van der Waals surface area contributed by atoms with Crippen LogP contribution in [-0.2, 0) is 9.53 Å². The number of nitrogens with zero attached hydrogens (tertiary/aromatic N) is 2. The molecule has 1 N–H and O–H groups in total. The van der Waals surface area contributed by atoms with Crippen LogP contribution < -0.4 is 5.32 Å². The van der Waals surface area contributed by atoms with Gasteiger partial charge in [0, 0.05) is 33.1 Å². The molecule has 1 aliphatic rings. The molecular formula is C21H31Cl2N3O3. The maximum absolute atomic E-state index is 12.3. The van der Waals surface area contributed by atoms with Crippen molar-refractivity contribution in [1.29, 1.82) is 0 Å². The highest BCUT2D eigenvalue weighted by Crippen LogP contribution is 2.30. The SMILES string of the molecule is CN(CC1CCCN(CCC(=O)Nc2c(Cl)cccc2Cl)C1)C(=O)OC(C)(C)C. The number of para-hydroxylation sites is 1. The molecule has 1 aliphatic heterocycles. The van der Waals surface area contributed by atoms with E-state index in [1.807, 2.05) is 20.8 Å². The second kappa shape index (κ2) is 10.5. The van der Waals surface area contributed by atoms with Gasteiger partial charge in [0.15, 0.2) is 0 Å². The molecule has 2 rings (SSSR count). The van der Waals surface area contributed by atoms with Crippen LogP contribution in [-0.4, -0.2) is 60.6 Å². The smallest absolute Gasteiger partial charge is 0.410 e. The molecule has 6 nitrogen and oxygen atoms in total. The van der Waals surface area contributed by atoms with Gasteiger partial charge in [-0.05, 0) is 58.2 Å². The molecule has 1 unspecified atom stereocenters. The van der Waals surface area contributed by atoms with Crippen molar-refractivity contribution in [1.82, 2.24) is 9.80 Å². The summed E-state index contributed by atoms with van der Waals surface area (Å²) in [5.41, 5.74) is -0.0432. The van der Waals surface area contributed by atoms with Gasteiger partial charge in [0.25, 0.3) is 0 Å². The van der Waals surface area contributed by atoms with Gasteiger partial charge in [0.2, 0.25) is 5.91 Å². The van der Waals surface area contributed by atoms with Crippen molar-refractivity contribution in [3.05, 3.63) is 28.2 Å². The van der Waals surface area contributed by atoms with E-state index in [0.717, 1.165) is 25.9 Å². The zero-order valence-electron chi connectivity index (χ0n) is 17.6. The molecule has 2 amide bonds. The minimum atomic E-state index is -0.498. The van der Waals surface area contributed by atoms with Gasteiger partial charge >= 0.3 is 6.09 Å². The third-order valence-electron chi connectivity index (χ3n) is 4.72. The van der Waals surface area contributed by atoms with Gasteiger partial charge in [0.05, 0.1) is 15.7 Å². The molecule has 0 spiro atoms. The lowest BCUT2D eigenvalue weighted by Gasteiger charge is -2.35. The first-order chi connectivity index (χ1) is 13.5. The van der Waals surface area contributed by atoms with Crippen LogP contribution in [0.25, 0.3) is 0 Å². The predicted octanol–water partition coefficient (Wildman–Crippen LogP) is 4.90. The number of likely N-dealkylation sites (tertiary alicyclic amines) is 1. The van der Waals surface area contributed by atoms with Gasteiger partial charge < -0.3 is 19.9 Å². The second-order valence-corrected chi connectivity index (χ2v) is 9.38. The zero-order chi connectivity index (χ0) is 21.6. The highest BCUT2D eigenvalue weighted by molar-refractivity contribution is 6.39. The lowest BCUT2D eigenvalue weighted by molar-refractivity contribution is -0.116. The maximum atomic E-state index is 12.3. The van der Waals surface area contributed by atoms with Gasteiger partial charge in [-0.2, -0.15) is 0 Å². The fraction of sp³-hybridized carbons (Fsp3) is 0.619. The standard InChI is InChI=1S/C21H31Cl2N3O3/c1-21(2,3)29-20(28)25(4)13-15-7-6-11-26(14-15)12-10-18(27)24-19-16(22)8-5-9-17(19)23/h5,8-9,15H,6-7,10-14H2,1-4H3,(H,24,27). The number of hydrogen-bond acceptors (Lipinski definition) is 4. The van der Waals surface area contributed by atoms with E-state index >= 15 is 0 Å². The molecule has 1 aromatic carbocycles. The first-order valence-electron chi connectivity index (χ1n) is 9.95. The van der Waals surface area contributed by atoms with Crippen molar-refractivity contribution < 1.29 is 14.3 Å². The third kappa shape index (κ3) is 8.03. The largest absolute Gasteiger partial charge is 0.444 e. The number of carbonyl (C=O) groups excluding carboxylic acids is 2. The van der Waals surface area contributed by atoms with Crippen molar-refractivity contribution in [2.24, 2.45) is 5.92 Å². The van der Waals surface area contributed by atoms with Gasteiger partial charge in [-0.1, -0.05) is 29.3 Å². The van der Waals surface area contributed by atoms with Gasteiger partial charge in [0.1, 0.15) is 5.60 Å². The Hall–Kier alpha value is -1.50. The van der Waals surface area contributed by atoms with Crippen molar-refractivity contribution in [3.63, 3.8) is 0 Å². The quantitative estimate of drug-likeness (QED) is 0.678. The summed E-state index contributed by atoms with van der Waals surface area (Å²) in [6.45, 7) is 8.69. The minimum absolute atomic E-state index is 0.118. The molecular weight excluding hydrogens is 413 g/mol. The van der Waals surface area contributed by atoms with Crippen LogP contribution in [0.2, 0.25) is 10.0 Å². The molecule has 0 aliphatic carbocycles. The van der Waals surface area contributed by atoms with Gasteiger partial charge in [-0.3, -0.25) is 4.79 Å². The van der Waals surface area contributed by atoms with E-state index in [1.54, 1.807) is 30.1 Å². The molecule has 0 saturated carbocycles. The summed E-state index contributed by atoms with van der Waals surface area (Å²) in [4.78, 5) is 28.4. The monoisotopic (exact) mass is 443 g/mol. The Morgan fingerprint density at radius 3 is 2.55 bits per heavy atom. The topological polar surface area (TPSA) is 61.9 Å². The lowest BCUT2D eigenvalue weighted by Crippen LogP contribution is -2.43. The van der Waals surface area contributed by atoms with Crippen LogP contribution in [0, 0.1) is 5.92 Å². The Morgan fingerprint density at radius 2 is 1.93 bits per heavy atom. The molecule has 0 aromatic heterocycles. The predicted molar refractivity (Wildman–Crippen MR) is 118 cm³/mol. The normalized spacial score (nSPS) is 17.7. The summed E-state index contributed by atoms with van der Waals surface area (Å²) in [5, 5.41) is 3.65. The van der Waals surface area contributed by atoms with Crippen LogP contribution in [0.1, 0.15) is 40.0 Å². The fourth-order valence-electron chi connectivity index (χ4n) is 3.38. The van der Waals surface area contributed by atoms with Gasteiger partial charge in [-0.15, -0.1) is 0 Å². The summed E-state index contributed by atoms with van der Waals surface area (Å²) in [6, 6.07) is 5.13. The molecule has 1 heterocycles. The number of ether oxygens (including phenoxy) is 1. The van der Waals surface area contributed by atoms with Crippen molar-refractivity contribution in [2.45, 2.75) is 45.6 Å². The molecule has 162 valence electrons. The summed E-state index contributed by atoms with van der Waals surface area (Å²) in [7, 11) is 1.77. The number of benzene rings is 1. The first-order valence-corrected chi connectivity index (χ1v) is 10.7. The zero-order valence-corrected chi connectivity index (χ0v) is 19.1. The van der Waals surface area contributed by atoms with E-state index in [-0.39, 0.29) is 12.0 Å². The Labute approximate surface area is 183 Å². The van der Waals surface area contributed by atoms with Crippen LogP contribution >= 0.6 is 23.2 Å². The Balaban J connectivity index is 1.79. The summed E-state index contributed by atoms with van der Waals surface area (Å²) in [6.07, 6.45) is 2.16. The Bertz CT molecular complexity index is 701. The van der Waals surface area contributed by atoms with E-state index in [2.05, 4.69) is 10.2 Å². The van der Waals surface area contributed by atoms with Crippen molar-refractivity contribution in [3.8, 4) is 0 Å². The average molecular weight is 444 g/mol. The number of halogens is 2. The number of hydrogen-bond donors (Lipinski definition) is 1. The summed E-state index contributed by atoms with van der Waals surface area (Å²) < 4.78 is 5.42. The maximum Gasteiger partial charge on any atom is 0.410 e. The number of rotatable bonds is 6.